The topological polar surface area (TPSA) is 35.6 Å². The molecule has 1 N–H and O–H groups in total. The lowest BCUT2D eigenvalue weighted by Gasteiger charge is -2.26. The molecule has 0 radical (unpaired) electrons. The third-order valence-corrected chi connectivity index (χ3v) is 4.32. The maximum atomic E-state index is 12.6. The van der Waals surface area contributed by atoms with Crippen molar-refractivity contribution in [3.63, 3.8) is 0 Å². The number of carbonyl (C=O) groups excluding carboxylic acids is 1. The Morgan fingerprint density at radius 2 is 1.56 bits per heavy atom. The molecule has 1 atom stereocenters. The Morgan fingerprint density at radius 1 is 0.960 bits per heavy atom. The van der Waals surface area contributed by atoms with E-state index in [2.05, 4.69) is 60.5 Å². The van der Waals surface area contributed by atoms with Crippen LogP contribution in [-0.4, -0.2) is 32.1 Å². The quantitative estimate of drug-likeness (QED) is 0.852. The number of urea groups is 1. The zero-order valence-electron chi connectivity index (χ0n) is 15.9. The van der Waals surface area contributed by atoms with Gasteiger partial charge in [-0.25, -0.2) is 4.79 Å². The van der Waals surface area contributed by atoms with Gasteiger partial charge in [0.15, 0.2) is 0 Å². The number of hydrogen-bond donors (Lipinski definition) is 1. The highest BCUT2D eigenvalue weighted by Crippen LogP contribution is 2.22. The Labute approximate surface area is 151 Å². The lowest BCUT2D eigenvalue weighted by molar-refractivity contribution is 0.199. The number of amides is 2. The third kappa shape index (κ3) is 5.24. The fraction of sp³-hybridized carbons (Fsp3) is 0.381. The normalized spacial score (nSPS) is 11.9. The molecule has 2 aromatic carbocycles. The highest BCUT2D eigenvalue weighted by atomic mass is 16.2. The number of nitrogens with one attached hydrogen (secondary N) is 1. The van der Waals surface area contributed by atoms with Crippen molar-refractivity contribution in [1.29, 1.82) is 0 Å². The van der Waals surface area contributed by atoms with E-state index in [4.69, 9.17) is 0 Å². The van der Waals surface area contributed by atoms with Crippen molar-refractivity contribution in [1.82, 2.24) is 10.2 Å². The first-order valence-corrected chi connectivity index (χ1v) is 8.71. The van der Waals surface area contributed by atoms with Gasteiger partial charge in [0, 0.05) is 33.4 Å². The molecule has 0 bridgehead atoms. The third-order valence-electron chi connectivity index (χ3n) is 4.32. The van der Waals surface area contributed by atoms with Gasteiger partial charge in [-0.3, -0.25) is 0 Å². The summed E-state index contributed by atoms with van der Waals surface area (Å²) >= 11 is 0. The van der Waals surface area contributed by atoms with Crippen LogP contribution in [0.25, 0.3) is 0 Å². The van der Waals surface area contributed by atoms with Crippen LogP contribution in [0.5, 0.6) is 0 Å². The molecule has 2 aromatic rings. The summed E-state index contributed by atoms with van der Waals surface area (Å²) < 4.78 is 0. The molecule has 0 aliphatic heterocycles. The number of anilines is 1. The van der Waals surface area contributed by atoms with Gasteiger partial charge in [0.05, 0.1) is 6.04 Å². The van der Waals surface area contributed by atoms with Gasteiger partial charge in [0.2, 0.25) is 0 Å². The summed E-state index contributed by atoms with van der Waals surface area (Å²) in [7, 11) is 5.87. The van der Waals surface area contributed by atoms with E-state index in [0.29, 0.717) is 12.5 Å². The van der Waals surface area contributed by atoms with Crippen molar-refractivity contribution in [3.8, 4) is 0 Å². The Balaban J connectivity index is 2.01. The Hall–Kier alpha value is -2.49. The van der Waals surface area contributed by atoms with E-state index in [0.717, 1.165) is 16.8 Å². The largest absolute Gasteiger partial charge is 0.378 e. The standard InChI is InChI=1S/C21H29N3O/c1-16(2)20(18-9-7-6-8-10-18)22-21(25)24(5)15-17-11-13-19(14-12-17)23(3)4/h6-14,16,20H,15H2,1-5H3,(H,22,25). The lowest BCUT2D eigenvalue weighted by Crippen LogP contribution is -2.40. The molecule has 0 aliphatic carbocycles. The summed E-state index contributed by atoms with van der Waals surface area (Å²) in [4.78, 5) is 16.4. The summed E-state index contributed by atoms with van der Waals surface area (Å²) in [5.74, 6) is 0.319. The predicted molar refractivity (Wildman–Crippen MR) is 105 cm³/mol. The molecule has 4 heteroatoms. The predicted octanol–water partition coefficient (Wildman–Crippen LogP) is 4.29. The second-order valence-electron chi connectivity index (χ2n) is 7.00. The molecule has 134 valence electrons. The van der Waals surface area contributed by atoms with Gasteiger partial charge in [0.1, 0.15) is 0 Å². The molecule has 0 saturated carbocycles. The van der Waals surface area contributed by atoms with Gasteiger partial charge in [0.25, 0.3) is 0 Å². The van der Waals surface area contributed by atoms with Crippen LogP contribution < -0.4 is 10.2 Å². The summed E-state index contributed by atoms with van der Waals surface area (Å²) in [5, 5.41) is 3.16. The average molecular weight is 339 g/mol. The molecule has 0 spiro atoms. The first-order valence-electron chi connectivity index (χ1n) is 8.71. The van der Waals surface area contributed by atoms with Gasteiger partial charge >= 0.3 is 6.03 Å². The molecule has 0 aromatic heterocycles. The fourth-order valence-corrected chi connectivity index (χ4v) is 2.78. The molecule has 2 rings (SSSR count). The van der Waals surface area contributed by atoms with Crippen LogP contribution in [0.4, 0.5) is 10.5 Å². The molecular formula is C21H29N3O. The smallest absolute Gasteiger partial charge is 0.317 e. The highest BCUT2D eigenvalue weighted by molar-refractivity contribution is 5.74. The fourth-order valence-electron chi connectivity index (χ4n) is 2.78. The molecule has 2 amide bonds. The minimum Gasteiger partial charge on any atom is -0.378 e. The molecule has 0 aliphatic rings. The van der Waals surface area contributed by atoms with Crippen molar-refractivity contribution in [3.05, 3.63) is 65.7 Å². The van der Waals surface area contributed by atoms with E-state index in [1.807, 2.05) is 39.3 Å². The number of benzene rings is 2. The second kappa shape index (κ2) is 8.56. The Bertz CT molecular complexity index is 665. The SMILES string of the molecule is CC(C)C(NC(=O)N(C)Cc1ccc(N(C)C)cc1)c1ccccc1. The van der Waals surface area contributed by atoms with Crippen LogP contribution in [0.3, 0.4) is 0 Å². The van der Waals surface area contributed by atoms with Gasteiger partial charge in [-0.2, -0.15) is 0 Å². The van der Waals surface area contributed by atoms with Crippen molar-refractivity contribution in [2.45, 2.75) is 26.4 Å². The zero-order chi connectivity index (χ0) is 18.4. The van der Waals surface area contributed by atoms with Gasteiger partial charge < -0.3 is 15.1 Å². The van der Waals surface area contributed by atoms with E-state index < -0.39 is 0 Å². The van der Waals surface area contributed by atoms with Crippen molar-refractivity contribution in [2.75, 3.05) is 26.0 Å². The van der Waals surface area contributed by atoms with Crippen molar-refractivity contribution in [2.24, 2.45) is 5.92 Å². The monoisotopic (exact) mass is 339 g/mol. The highest BCUT2D eigenvalue weighted by Gasteiger charge is 2.20. The molecule has 0 saturated heterocycles. The molecule has 4 nitrogen and oxygen atoms in total. The lowest BCUT2D eigenvalue weighted by atomic mass is 9.96. The summed E-state index contributed by atoms with van der Waals surface area (Å²) in [6.45, 7) is 4.83. The maximum Gasteiger partial charge on any atom is 0.317 e. The van der Waals surface area contributed by atoms with E-state index in [9.17, 15) is 4.79 Å². The van der Waals surface area contributed by atoms with Gasteiger partial charge in [-0.05, 0) is 29.2 Å². The summed E-state index contributed by atoms with van der Waals surface area (Å²) in [5.41, 5.74) is 3.40. The van der Waals surface area contributed by atoms with E-state index in [1.165, 1.54) is 0 Å². The Kier molecular flexibility index (Phi) is 6.45. The van der Waals surface area contributed by atoms with E-state index in [-0.39, 0.29) is 12.1 Å². The van der Waals surface area contributed by atoms with Crippen molar-refractivity contribution < 1.29 is 4.79 Å². The number of hydrogen-bond acceptors (Lipinski definition) is 2. The van der Waals surface area contributed by atoms with Crippen LogP contribution in [0.1, 0.15) is 31.0 Å². The summed E-state index contributed by atoms with van der Waals surface area (Å²) in [6.07, 6.45) is 0. The molecule has 1 unspecified atom stereocenters. The maximum absolute atomic E-state index is 12.6. The number of carbonyl (C=O) groups is 1. The van der Waals surface area contributed by atoms with Crippen LogP contribution in [0.15, 0.2) is 54.6 Å². The van der Waals surface area contributed by atoms with E-state index >= 15 is 0 Å². The minimum atomic E-state index is -0.0563. The Morgan fingerprint density at radius 3 is 2.08 bits per heavy atom. The van der Waals surface area contributed by atoms with Crippen LogP contribution in [0.2, 0.25) is 0 Å². The van der Waals surface area contributed by atoms with Crippen LogP contribution in [-0.2, 0) is 6.54 Å². The van der Waals surface area contributed by atoms with Gasteiger partial charge in [-0.15, -0.1) is 0 Å². The number of nitrogens with zero attached hydrogens (tertiary/aromatic N) is 2. The minimum absolute atomic E-state index is 0.00673. The molecule has 0 fully saturated rings. The molecule has 0 heterocycles. The zero-order valence-corrected chi connectivity index (χ0v) is 15.9. The summed E-state index contributed by atoms with van der Waals surface area (Å²) in [6, 6.07) is 18.4. The van der Waals surface area contributed by atoms with Crippen LogP contribution >= 0.6 is 0 Å². The van der Waals surface area contributed by atoms with Crippen LogP contribution in [0, 0.1) is 5.92 Å². The first kappa shape index (κ1) is 18.8. The number of rotatable bonds is 6. The van der Waals surface area contributed by atoms with E-state index in [1.54, 1.807) is 4.90 Å². The van der Waals surface area contributed by atoms with Gasteiger partial charge in [-0.1, -0.05) is 56.3 Å². The first-order chi connectivity index (χ1) is 11.9. The average Bonchev–Trinajstić information content (AvgIpc) is 2.60. The molecule has 25 heavy (non-hydrogen) atoms. The molecular weight excluding hydrogens is 310 g/mol. The van der Waals surface area contributed by atoms with Crippen molar-refractivity contribution >= 4 is 11.7 Å². The second-order valence-corrected chi connectivity index (χ2v) is 7.00.